The molecule has 0 aliphatic carbocycles. The van der Waals surface area contributed by atoms with Crippen LogP contribution in [0.4, 0.5) is 0 Å². The molecule has 0 amide bonds. The maximum atomic E-state index is 12.2. The van der Waals surface area contributed by atoms with E-state index in [-0.39, 0.29) is 18.8 Å². The first-order valence-electron chi connectivity index (χ1n) is 9.21. The molecule has 1 heterocycles. The van der Waals surface area contributed by atoms with Gasteiger partial charge in [0.1, 0.15) is 36.4 Å². The van der Waals surface area contributed by atoms with E-state index < -0.39 is 5.97 Å². The summed E-state index contributed by atoms with van der Waals surface area (Å²) in [5.41, 5.74) is 2.75. The second-order valence-corrected chi connectivity index (χ2v) is 6.30. The average Bonchev–Trinajstić information content (AvgIpc) is 3.00. The van der Waals surface area contributed by atoms with Gasteiger partial charge in [-0.1, -0.05) is 0 Å². The number of rotatable bonds is 10. The van der Waals surface area contributed by atoms with E-state index in [1.54, 1.807) is 44.6 Å². The number of hydrogen-bond donors (Lipinski definition) is 0. The first-order chi connectivity index (χ1) is 14.0. The summed E-state index contributed by atoms with van der Waals surface area (Å²) in [6, 6.07) is 10.9. The highest BCUT2D eigenvalue weighted by Gasteiger charge is 2.14. The number of nitriles is 1. The van der Waals surface area contributed by atoms with Gasteiger partial charge < -0.3 is 23.5 Å². The van der Waals surface area contributed by atoms with Gasteiger partial charge in [0.2, 0.25) is 0 Å². The topological polar surface area (TPSA) is 82.7 Å². The predicted octanol–water partition coefficient (Wildman–Crippen LogP) is 3.29. The third-order valence-electron chi connectivity index (χ3n) is 4.42. The van der Waals surface area contributed by atoms with Crippen LogP contribution in [-0.4, -0.2) is 44.6 Å². The number of hydrogen-bond acceptors (Lipinski definition) is 6. The lowest BCUT2D eigenvalue weighted by atomic mass is 10.1. The lowest BCUT2D eigenvalue weighted by Gasteiger charge is -2.09. The summed E-state index contributed by atoms with van der Waals surface area (Å²) >= 11 is 0. The van der Waals surface area contributed by atoms with Gasteiger partial charge in [0.25, 0.3) is 0 Å². The minimum Gasteiger partial charge on any atom is -0.497 e. The van der Waals surface area contributed by atoms with E-state index in [2.05, 4.69) is 4.57 Å². The van der Waals surface area contributed by atoms with Crippen molar-refractivity contribution >= 4 is 12.0 Å². The van der Waals surface area contributed by atoms with Crippen LogP contribution >= 0.6 is 0 Å². The Morgan fingerprint density at radius 2 is 1.79 bits per heavy atom. The molecule has 154 valence electrons. The van der Waals surface area contributed by atoms with Gasteiger partial charge >= 0.3 is 5.97 Å². The van der Waals surface area contributed by atoms with Gasteiger partial charge in [-0.05, 0) is 55.8 Å². The van der Waals surface area contributed by atoms with Crippen LogP contribution in [0.2, 0.25) is 0 Å². The summed E-state index contributed by atoms with van der Waals surface area (Å²) in [4.78, 5) is 12.2. The Morgan fingerprint density at radius 3 is 2.41 bits per heavy atom. The number of benzene rings is 1. The molecule has 1 aromatic heterocycles. The molecule has 0 unspecified atom stereocenters. The van der Waals surface area contributed by atoms with Crippen LogP contribution in [0.1, 0.15) is 17.0 Å². The van der Waals surface area contributed by atoms with E-state index in [1.807, 2.05) is 26.0 Å². The highest BCUT2D eigenvalue weighted by Crippen LogP contribution is 2.19. The highest BCUT2D eigenvalue weighted by atomic mass is 16.6. The molecule has 0 atom stereocenters. The van der Waals surface area contributed by atoms with E-state index >= 15 is 0 Å². The lowest BCUT2D eigenvalue weighted by molar-refractivity contribution is -0.139. The van der Waals surface area contributed by atoms with Crippen molar-refractivity contribution in [1.82, 2.24) is 4.57 Å². The zero-order chi connectivity index (χ0) is 21.2. The Kier molecular flexibility index (Phi) is 8.31. The summed E-state index contributed by atoms with van der Waals surface area (Å²) < 4.78 is 23.0. The van der Waals surface area contributed by atoms with Crippen molar-refractivity contribution in [2.24, 2.45) is 0 Å². The third kappa shape index (κ3) is 6.13. The van der Waals surface area contributed by atoms with Crippen LogP contribution in [0.3, 0.4) is 0 Å². The zero-order valence-electron chi connectivity index (χ0n) is 17.2. The van der Waals surface area contributed by atoms with Gasteiger partial charge in [-0.25, -0.2) is 4.79 Å². The molecule has 0 saturated heterocycles. The number of aromatic nitrogens is 1. The van der Waals surface area contributed by atoms with E-state index in [0.29, 0.717) is 18.9 Å². The molecular weight excluding hydrogens is 372 g/mol. The Hall–Kier alpha value is -3.24. The quantitative estimate of drug-likeness (QED) is 0.264. The molecule has 0 spiro atoms. The molecule has 0 radical (unpaired) electrons. The average molecular weight is 398 g/mol. The van der Waals surface area contributed by atoms with E-state index in [1.165, 1.54) is 0 Å². The van der Waals surface area contributed by atoms with Crippen molar-refractivity contribution in [2.45, 2.75) is 20.4 Å². The van der Waals surface area contributed by atoms with Crippen LogP contribution in [0.15, 0.2) is 35.9 Å². The van der Waals surface area contributed by atoms with Gasteiger partial charge in [-0.15, -0.1) is 0 Å². The van der Waals surface area contributed by atoms with Gasteiger partial charge in [-0.3, -0.25) is 0 Å². The van der Waals surface area contributed by atoms with Gasteiger partial charge in [-0.2, -0.15) is 5.26 Å². The first-order valence-corrected chi connectivity index (χ1v) is 9.21. The normalized spacial score (nSPS) is 11.1. The number of ether oxygens (including phenoxy) is 4. The molecule has 0 aliphatic rings. The molecule has 0 aliphatic heterocycles. The van der Waals surface area contributed by atoms with Crippen molar-refractivity contribution in [3.05, 3.63) is 52.9 Å². The minimum atomic E-state index is -0.674. The van der Waals surface area contributed by atoms with Crippen molar-refractivity contribution in [3.63, 3.8) is 0 Å². The Balaban J connectivity index is 1.93. The molecule has 0 fully saturated rings. The zero-order valence-corrected chi connectivity index (χ0v) is 17.2. The highest BCUT2D eigenvalue weighted by molar-refractivity contribution is 5.98. The number of aryl methyl sites for hydroxylation is 1. The SMILES string of the molecule is COCCn1c(C)cc(/C=C(\C#N)C(=O)OCCOc2ccc(OC)cc2)c1C. The number of esters is 1. The molecule has 7 heteroatoms. The van der Waals surface area contributed by atoms with Crippen molar-refractivity contribution in [1.29, 1.82) is 5.26 Å². The Labute approximate surface area is 171 Å². The van der Waals surface area contributed by atoms with Crippen LogP contribution in [-0.2, 0) is 20.8 Å². The van der Waals surface area contributed by atoms with Crippen LogP contribution in [0.5, 0.6) is 11.5 Å². The fourth-order valence-corrected chi connectivity index (χ4v) is 2.84. The monoisotopic (exact) mass is 398 g/mol. The van der Waals surface area contributed by atoms with Crippen LogP contribution < -0.4 is 9.47 Å². The molecule has 29 heavy (non-hydrogen) atoms. The maximum absolute atomic E-state index is 12.2. The molecular formula is C22H26N2O5. The molecule has 0 N–H and O–H groups in total. The second kappa shape index (κ2) is 10.9. The van der Waals surface area contributed by atoms with Crippen LogP contribution in [0.25, 0.3) is 6.08 Å². The van der Waals surface area contributed by atoms with E-state index in [0.717, 1.165) is 22.7 Å². The van der Waals surface area contributed by atoms with E-state index in [9.17, 15) is 10.1 Å². The summed E-state index contributed by atoms with van der Waals surface area (Å²) in [6.45, 7) is 5.43. The van der Waals surface area contributed by atoms with Gasteiger partial charge in [0.15, 0.2) is 0 Å². The largest absolute Gasteiger partial charge is 0.497 e. The maximum Gasteiger partial charge on any atom is 0.349 e. The van der Waals surface area contributed by atoms with Gasteiger partial charge in [0, 0.05) is 25.0 Å². The van der Waals surface area contributed by atoms with Crippen molar-refractivity contribution in [3.8, 4) is 17.6 Å². The number of methoxy groups -OCH3 is 2. The van der Waals surface area contributed by atoms with E-state index in [4.69, 9.17) is 18.9 Å². The minimum absolute atomic E-state index is 0.0384. The molecule has 0 bridgehead atoms. The summed E-state index contributed by atoms with van der Waals surface area (Å²) in [5.74, 6) is 0.697. The van der Waals surface area contributed by atoms with Gasteiger partial charge in [0.05, 0.1) is 13.7 Å². The number of nitrogens with zero attached hydrogens (tertiary/aromatic N) is 2. The van der Waals surface area contributed by atoms with Crippen LogP contribution in [0, 0.1) is 25.2 Å². The molecule has 7 nitrogen and oxygen atoms in total. The summed E-state index contributed by atoms with van der Waals surface area (Å²) in [5, 5.41) is 9.36. The fraction of sp³-hybridized carbons (Fsp3) is 0.364. The first kappa shape index (κ1) is 22.1. The lowest BCUT2D eigenvalue weighted by Crippen LogP contribution is -2.13. The third-order valence-corrected chi connectivity index (χ3v) is 4.42. The number of carbonyl (C=O) groups is 1. The number of carbonyl (C=O) groups excluding carboxylic acids is 1. The molecule has 2 rings (SSSR count). The standard InChI is InChI=1S/C22H26N2O5/c1-16-13-18(17(2)24(16)9-10-26-3)14-19(15-23)22(25)29-12-11-28-21-7-5-20(27-4)6-8-21/h5-8,13-14H,9-12H2,1-4H3/b19-14+. The predicted molar refractivity (Wildman–Crippen MR) is 109 cm³/mol. The van der Waals surface area contributed by atoms with Crippen molar-refractivity contribution < 1.29 is 23.7 Å². The second-order valence-electron chi connectivity index (χ2n) is 6.30. The smallest absolute Gasteiger partial charge is 0.349 e. The fourth-order valence-electron chi connectivity index (χ4n) is 2.84. The molecule has 0 saturated carbocycles. The molecule has 1 aromatic carbocycles. The van der Waals surface area contributed by atoms with Crippen molar-refractivity contribution in [2.75, 3.05) is 34.0 Å². The Morgan fingerprint density at radius 1 is 1.10 bits per heavy atom. The Bertz CT molecular complexity index is 891. The summed E-state index contributed by atoms with van der Waals surface area (Å²) in [6.07, 6.45) is 1.55. The summed E-state index contributed by atoms with van der Waals surface area (Å²) in [7, 11) is 3.24. The molecule has 2 aromatic rings.